The molecule has 112 valence electrons. The first-order chi connectivity index (χ1) is 9.42. The van der Waals surface area contributed by atoms with E-state index in [4.69, 9.17) is 4.74 Å². The van der Waals surface area contributed by atoms with E-state index in [0.29, 0.717) is 6.42 Å². The van der Waals surface area contributed by atoms with Crippen LogP contribution in [-0.4, -0.2) is 33.8 Å². The molecule has 2 atom stereocenters. The molecule has 1 heterocycles. The molecule has 0 amide bonds. The van der Waals surface area contributed by atoms with Gasteiger partial charge in [0, 0.05) is 17.5 Å². The van der Waals surface area contributed by atoms with Crippen molar-refractivity contribution in [1.82, 2.24) is 9.78 Å². The van der Waals surface area contributed by atoms with Crippen LogP contribution in [0, 0.1) is 22.0 Å². The normalized spacial score (nSPS) is 13.8. The molecule has 0 aliphatic rings. The summed E-state index contributed by atoms with van der Waals surface area (Å²) in [5, 5.41) is 14.5. The van der Waals surface area contributed by atoms with Gasteiger partial charge in [0.05, 0.1) is 24.6 Å². The molecule has 0 saturated heterocycles. The Bertz CT molecular complexity index is 489. The second-order valence-electron chi connectivity index (χ2n) is 4.40. The zero-order chi connectivity index (χ0) is 15.3. The first kappa shape index (κ1) is 16.1. The van der Waals surface area contributed by atoms with Crippen LogP contribution in [0.4, 0.5) is 4.39 Å². The van der Waals surface area contributed by atoms with Crippen LogP contribution < -0.4 is 0 Å². The largest absolute Gasteiger partial charge is 0.466 e. The zero-order valence-corrected chi connectivity index (χ0v) is 11.7. The molecule has 8 heteroatoms. The predicted octanol–water partition coefficient (Wildman–Crippen LogP) is 1.51. The molecule has 0 aliphatic carbocycles. The Hall–Kier alpha value is -1.99. The van der Waals surface area contributed by atoms with Gasteiger partial charge in [0.2, 0.25) is 12.5 Å². The van der Waals surface area contributed by atoms with Crippen molar-refractivity contribution in [1.29, 1.82) is 0 Å². The molecule has 0 aromatic carbocycles. The molecule has 0 bridgehead atoms. The molecular weight excluding hydrogens is 269 g/mol. The van der Waals surface area contributed by atoms with Crippen molar-refractivity contribution in [3.8, 4) is 0 Å². The minimum absolute atomic E-state index is 0.0732. The molecule has 7 nitrogen and oxygen atoms in total. The molecule has 0 radical (unpaired) electrons. The van der Waals surface area contributed by atoms with Crippen LogP contribution >= 0.6 is 0 Å². The second kappa shape index (κ2) is 6.97. The fourth-order valence-corrected chi connectivity index (χ4v) is 2.16. The van der Waals surface area contributed by atoms with E-state index < -0.39 is 35.2 Å². The third-order valence-electron chi connectivity index (χ3n) is 3.15. The van der Waals surface area contributed by atoms with Crippen LogP contribution in [0.1, 0.15) is 31.7 Å². The van der Waals surface area contributed by atoms with E-state index in [-0.39, 0.29) is 12.2 Å². The smallest absolute Gasteiger partial charge is 0.309 e. The van der Waals surface area contributed by atoms with Gasteiger partial charge in [-0.15, -0.1) is 0 Å². The van der Waals surface area contributed by atoms with Crippen molar-refractivity contribution < 1.29 is 18.8 Å². The van der Waals surface area contributed by atoms with E-state index in [1.807, 2.05) is 0 Å². The molecule has 1 unspecified atom stereocenters. The SMILES string of the molecule is CCOC(=O)C(CC)[C@H](C[N+](=O)[O-])c1cnn(C)c1F. The highest BCUT2D eigenvalue weighted by Gasteiger charge is 2.36. The van der Waals surface area contributed by atoms with E-state index in [0.717, 1.165) is 4.68 Å². The Balaban J connectivity index is 3.13. The lowest BCUT2D eigenvalue weighted by Gasteiger charge is -2.20. The van der Waals surface area contributed by atoms with Crippen molar-refractivity contribution in [3.63, 3.8) is 0 Å². The fourth-order valence-electron chi connectivity index (χ4n) is 2.16. The number of rotatable bonds is 7. The van der Waals surface area contributed by atoms with Crippen LogP contribution in [0.3, 0.4) is 0 Å². The summed E-state index contributed by atoms with van der Waals surface area (Å²) in [7, 11) is 1.40. The Morgan fingerprint density at radius 3 is 2.65 bits per heavy atom. The Morgan fingerprint density at radius 2 is 2.25 bits per heavy atom. The van der Waals surface area contributed by atoms with Gasteiger partial charge in [0.15, 0.2) is 0 Å². The topological polar surface area (TPSA) is 87.3 Å². The maximum absolute atomic E-state index is 13.9. The van der Waals surface area contributed by atoms with E-state index in [1.165, 1.54) is 13.2 Å². The summed E-state index contributed by atoms with van der Waals surface area (Å²) in [6.07, 6.45) is 1.55. The summed E-state index contributed by atoms with van der Waals surface area (Å²) in [6.45, 7) is 3.00. The van der Waals surface area contributed by atoms with Gasteiger partial charge in [0.25, 0.3) is 0 Å². The molecule has 1 aromatic heterocycles. The van der Waals surface area contributed by atoms with Crippen LogP contribution in [0.25, 0.3) is 0 Å². The van der Waals surface area contributed by atoms with Crippen LogP contribution in [-0.2, 0) is 16.6 Å². The fraction of sp³-hybridized carbons (Fsp3) is 0.667. The second-order valence-corrected chi connectivity index (χ2v) is 4.40. The van der Waals surface area contributed by atoms with Crippen LogP contribution in [0.5, 0.6) is 0 Å². The third-order valence-corrected chi connectivity index (χ3v) is 3.15. The maximum atomic E-state index is 13.9. The van der Waals surface area contributed by atoms with Gasteiger partial charge in [-0.1, -0.05) is 6.92 Å². The number of hydrogen-bond donors (Lipinski definition) is 0. The number of hydrogen-bond acceptors (Lipinski definition) is 5. The first-order valence-electron chi connectivity index (χ1n) is 6.38. The monoisotopic (exact) mass is 287 g/mol. The number of ether oxygens (including phenoxy) is 1. The van der Waals surface area contributed by atoms with Crippen molar-refractivity contribution in [2.75, 3.05) is 13.2 Å². The number of carbonyl (C=O) groups excluding carboxylic acids is 1. The van der Waals surface area contributed by atoms with Gasteiger partial charge >= 0.3 is 5.97 Å². The van der Waals surface area contributed by atoms with Gasteiger partial charge in [-0.3, -0.25) is 14.9 Å². The summed E-state index contributed by atoms with van der Waals surface area (Å²) >= 11 is 0. The van der Waals surface area contributed by atoms with Gasteiger partial charge in [-0.25, -0.2) is 4.68 Å². The van der Waals surface area contributed by atoms with Gasteiger partial charge in [0.1, 0.15) is 0 Å². The lowest BCUT2D eigenvalue weighted by molar-refractivity contribution is -0.484. The molecule has 0 aliphatic heterocycles. The summed E-state index contributed by atoms with van der Waals surface area (Å²) in [5.74, 6) is -2.87. The molecule has 1 aromatic rings. The first-order valence-corrected chi connectivity index (χ1v) is 6.38. The standard InChI is InChI=1S/C12H18FN3O4/c1-4-8(12(17)20-5-2)10(7-16(18)19)9-6-14-15(3)11(9)13/h6,8,10H,4-5,7H2,1-3H3/t8?,10-/m0/s1. The Kier molecular flexibility index (Phi) is 5.60. The lowest BCUT2D eigenvalue weighted by Crippen LogP contribution is -2.29. The van der Waals surface area contributed by atoms with E-state index in [9.17, 15) is 19.3 Å². The van der Waals surface area contributed by atoms with E-state index in [1.54, 1.807) is 13.8 Å². The maximum Gasteiger partial charge on any atom is 0.309 e. The van der Waals surface area contributed by atoms with Gasteiger partial charge in [-0.2, -0.15) is 9.49 Å². The Morgan fingerprint density at radius 1 is 1.60 bits per heavy atom. The number of halogens is 1. The van der Waals surface area contributed by atoms with Gasteiger partial charge in [-0.05, 0) is 13.3 Å². The minimum atomic E-state index is -0.886. The number of aryl methyl sites for hydroxylation is 1. The highest BCUT2D eigenvalue weighted by Crippen LogP contribution is 2.30. The summed E-state index contributed by atoms with van der Waals surface area (Å²) < 4.78 is 19.8. The summed E-state index contributed by atoms with van der Waals surface area (Å²) in [6, 6.07) is 0. The number of carbonyl (C=O) groups is 1. The number of aromatic nitrogens is 2. The highest BCUT2D eigenvalue weighted by molar-refractivity contribution is 5.73. The number of esters is 1. The zero-order valence-electron chi connectivity index (χ0n) is 11.7. The summed E-state index contributed by atoms with van der Waals surface area (Å²) in [4.78, 5) is 22.1. The van der Waals surface area contributed by atoms with E-state index in [2.05, 4.69) is 5.10 Å². The Labute approximate surface area is 115 Å². The predicted molar refractivity (Wildman–Crippen MR) is 68.2 cm³/mol. The summed E-state index contributed by atoms with van der Waals surface area (Å²) in [5.41, 5.74) is 0.0732. The van der Waals surface area contributed by atoms with Crippen molar-refractivity contribution >= 4 is 5.97 Å². The minimum Gasteiger partial charge on any atom is -0.466 e. The lowest BCUT2D eigenvalue weighted by atomic mass is 9.85. The quantitative estimate of drug-likeness (QED) is 0.431. The molecule has 0 fully saturated rings. The van der Waals surface area contributed by atoms with Gasteiger partial charge < -0.3 is 4.74 Å². The molecular formula is C12H18FN3O4. The van der Waals surface area contributed by atoms with Crippen LogP contribution in [0.15, 0.2) is 6.20 Å². The average molecular weight is 287 g/mol. The highest BCUT2D eigenvalue weighted by atomic mass is 19.1. The van der Waals surface area contributed by atoms with Crippen molar-refractivity contribution in [3.05, 3.63) is 27.8 Å². The third kappa shape index (κ3) is 3.52. The molecule has 1 rings (SSSR count). The molecule has 0 N–H and O–H groups in total. The number of nitro groups is 1. The molecule has 0 spiro atoms. The molecule has 20 heavy (non-hydrogen) atoms. The van der Waals surface area contributed by atoms with Crippen molar-refractivity contribution in [2.45, 2.75) is 26.2 Å². The van der Waals surface area contributed by atoms with Crippen molar-refractivity contribution in [2.24, 2.45) is 13.0 Å². The van der Waals surface area contributed by atoms with E-state index >= 15 is 0 Å². The number of nitrogens with zero attached hydrogens (tertiary/aromatic N) is 3. The molecule has 0 saturated carbocycles. The average Bonchev–Trinajstić information content (AvgIpc) is 2.69. The van der Waals surface area contributed by atoms with Crippen LogP contribution in [0.2, 0.25) is 0 Å².